The lowest BCUT2D eigenvalue weighted by atomic mass is 9.74. The SMILES string of the molecule is CC1(C)C(c2ccc3cc4c(cc3c2)=CCC2C=CC=CC=42)=c2ccccc2=C1c1ccc2cc3c(ccc4ccccc43)cc2c1. The quantitative estimate of drug-likeness (QED) is 0.138. The van der Waals surface area contributed by atoms with Crippen LogP contribution in [0.3, 0.4) is 0 Å². The number of allylic oxidation sites excluding steroid dienone is 4. The summed E-state index contributed by atoms with van der Waals surface area (Å²) in [5.74, 6) is 0.498. The second kappa shape index (κ2) is 9.77. The zero-order valence-electron chi connectivity index (χ0n) is 26.7. The molecule has 47 heavy (non-hydrogen) atoms. The van der Waals surface area contributed by atoms with Crippen LogP contribution in [-0.2, 0) is 0 Å². The van der Waals surface area contributed by atoms with Crippen LogP contribution in [0.4, 0.5) is 0 Å². The van der Waals surface area contributed by atoms with Gasteiger partial charge in [-0.2, -0.15) is 0 Å². The molecule has 1 unspecified atom stereocenters. The maximum absolute atomic E-state index is 2.43. The molecule has 0 radical (unpaired) electrons. The molecule has 0 amide bonds. The molecule has 0 heterocycles. The van der Waals surface area contributed by atoms with Crippen molar-refractivity contribution in [2.75, 3.05) is 0 Å². The molecule has 0 fully saturated rings. The van der Waals surface area contributed by atoms with Crippen LogP contribution < -0.4 is 20.9 Å². The Hall–Kier alpha value is -5.46. The molecule has 0 bridgehead atoms. The highest BCUT2D eigenvalue weighted by atomic mass is 14.4. The van der Waals surface area contributed by atoms with Crippen molar-refractivity contribution in [3.05, 3.63) is 178 Å². The summed E-state index contributed by atoms with van der Waals surface area (Å²) in [5.41, 5.74) is 6.70. The Balaban J connectivity index is 1.15. The molecule has 0 nitrogen and oxygen atoms in total. The summed E-state index contributed by atoms with van der Waals surface area (Å²) < 4.78 is 0. The Labute approximate surface area is 274 Å². The third-order valence-corrected chi connectivity index (χ3v) is 11.0. The Morgan fingerprint density at radius 3 is 1.96 bits per heavy atom. The fraction of sp³-hybridized carbons (Fsp3) is 0.106. The molecule has 0 aliphatic heterocycles. The van der Waals surface area contributed by atoms with E-state index in [-0.39, 0.29) is 5.41 Å². The van der Waals surface area contributed by atoms with Crippen molar-refractivity contribution in [2.45, 2.75) is 20.3 Å². The van der Waals surface area contributed by atoms with E-state index < -0.39 is 0 Å². The molecule has 7 aromatic rings. The maximum atomic E-state index is 2.43. The molecule has 0 saturated carbocycles. The molecule has 7 aromatic carbocycles. The third kappa shape index (κ3) is 3.95. The van der Waals surface area contributed by atoms with Gasteiger partial charge in [-0.25, -0.2) is 0 Å². The van der Waals surface area contributed by atoms with Crippen LogP contribution in [-0.4, -0.2) is 0 Å². The smallest absolute Gasteiger partial charge is 0.0170 e. The van der Waals surface area contributed by atoms with Crippen molar-refractivity contribution in [2.24, 2.45) is 11.3 Å². The van der Waals surface area contributed by atoms with Crippen LogP contribution in [0, 0.1) is 11.3 Å². The van der Waals surface area contributed by atoms with Gasteiger partial charge in [0, 0.05) is 11.3 Å². The summed E-state index contributed by atoms with van der Waals surface area (Å²) in [6, 6.07) is 46.0. The lowest BCUT2D eigenvalue weighted by Gasteiger charge is -2.29. The van der Waals surface area contributed by atoms with Gasteiger partial charge in [0.15, 0.2) is 0 Å². The Bertz CT molecular complexity index is 2840. The highest BCUT2D eigenvalue weighted by Gasteiger charge is 2.35. The van der Waals surface area contributed by atoms with E-state index in [0.717, 1.165) is 6.42 Å². The van der Waals surface area contributed by atoms with E-state index >= 15 is 0 Å². The van der Waals surface area contributed by atoms with Crippen molar-refractivity contribution in [3.63, 3.8) is 0 Å². The van der Waals surface area contributed by atoms with Gasteiger partial charge in [0.25, 0.3) is 0 Å². The van der Waals surface area contributed by atoms with Crippen LogP contribution in [0.15, 0.2) is 146 Å². The Kier molecular flexibility index (Phi) is 5.56. The van der Waals surface area contributed by atoms with Gasteiger partial charge in [-0.1, -0.05) is 129 Å². The van der Waals surface area contributed by atoms with Gasteiger partial charge in [-0.05, 0) is 135 Å². The van der Waals surface area contributed by atoms with Gasteiger partial charge in [-0.3, -0.25) is 0 Å². The summed E-state index contributed by atoms with van der Waals surface area (Å²) in [5, 5.41) is 15.8. The van der Waals surface area contributed by atoms with Gasteiger partial charge >= 0.3 is 0 Å². The van der Waals surface area contributed by atoms with Crippen LogP contribution in [0.5, 0.6) is 0 Å². The third-order valence-electron chi connectivity index (χ3n) is 11.0. The average molecular weight is 599 g/mol. The zero-order chi connectivity index (χ0) is 31.3. The van der Waals surface area contributed by atoms with E-state index in [4.69, 9.17) is 0 Å². The lowest BCUT2D eigenvalue weighted by molar-refractivity contribution is 0.678. The monoisotopic (exact) mass is 598 g/mol. The van der Waals surface area contributed by atoms with Crippen LogP contribution in [0.1, 0.15) is 31.4 Å². The predicted octanol–water partition coefficient (Wildman–Crippen LogP) is 8.81. The van der Waals surface area contributed by atoms with Crippen molar-refractivity contribution in [3.8, 4) is 0 Å². The Morgan fingerprint density at radius 1 is 0.511 bits per heavy atom. The average Bonchev–Trinajstić information content (AvgIpc) is 3.35. The molecule has 1 atom stereocenters. The van der Waals surface area contributed by atoms with Gasteiger partial charge in [0.05, 0.1) is 0 Å². The standard InChI is InChI=1S/C47H34/c1-47(2)45(35-21-17-31-27-43-33(23-37(31)25-35)19-15-29-9-3-5-11-39(29)43)41-13-7-8-14-42(41)46(47)36-22-18-32-28-44-34(24-38(32)26-36)20-16-30-10-4-6-12-40(30)44/h3-15,17-28,30H,16H2,1-2H3. The molecule has 222 valence electrons. The predicted molar refractivity (Wildman–Crippen MR) is 201 cm³/mol. The first-order valence-corrected chi connectivity index (χ1v) is 16.9. The van der Waals surface area contributed by atoms with Crippen molar-refractivity contribution >= 4 is 65.9 Å². The minimum absolute atomic E-state index is 0.180. The molecular formula is C47H34. The normalized spacial score (nSPS) is 17.7. The minimum atomic E-state index is -0.180. The second-order valence-electron chi connectivity index (χ2n) is 14.1. The van der Waals surface area contributed by atoms with Crippen molar-refractivity contribution in [1.82, 2.24) is 0 Å². The topological polar surface area (TPSA) is 0 Å². The number of hydrogen-bond acceptors (Lipinski definition) is 0. The van der Waals surface area contributed by atoms with Crippen molar-refractivity contribution < 1.29 is 0 Å². The molecule has 3 aliphatic rings. The van der Waals surface area contributed by atoms with Gasteiger partial charge in [0.1, 0.15) is 0 Å². The molecular weight excluding hydrogens is 565 g/mol. The number of rotatable bonds is 2. The van der Waals surface area contributed by atoms with Crippen LogP contribution >= 0.6 is 0 Å². The number of fused-ring (bicyclic) bond motifs is 8. The lowest BCUT2D eigenvalue weighted by Crippen LogP contribution is -2.32. The first kappa shape index (κ1) is 26.7. The maximum Gasteiger partial charge on any atom is 0.0170 e. The van der Waals surface area contributed by atoms with Crippen molar-refractivity contribution in [1.29, 1.82) is 0 Å². The van der Waals surface area contributed by atoms with Gasteiger partial charge in [0.2, 0.25) is 0 Å². The summed E-state index contributed by atoms with van der Waals surface area (Å²) in [7, 11) is 0. The molecule has 10 rings (SSSR count). The van der Waals surface area contributed by atoms with E-state index in [1.165, 1.54) is 91.8 Å². The first-order chi connectivity index (χ1) is 23.0. The molecule has 3 aliphatic carbocycles. The van der Waals surface area contributed by atoms with E-state index in [0.29, 0.717) is 5.92 Å². The number of hydrogen-bond donors (Lipinski definition) is 0. The fourth-order valence-electron chi connectivity index (χ4n) is 8.88. The van der Waals surface area contributed by atoms with Gasteiger partial charge in [-0.15, -0.1) is 0 Å². The largest absolute Gasteiger partial charge is 0.0767 e. The number of benzene rings is 7. The second-order valence-corrected chi connectivity index (χ2v) is 14.1. The summed E-state index contributed by atoms with van der Waals surface area (Å²) in [6.45, 7) is 4.83. The van der Waals surface area contributed by atoms with E-state index in [2.05, 4.69) is 166 Å². The summed E-state index contributed by atoms with van der Waals surface area (Å²) in [6.07, 6.45) is 12.5. The summed E-state index contributed by atoms with van der Waals surface area (Å²) in [4.78, 5) is 0. The van der Waals surface area contributed by atoms with Gasteiger partial charge < -0.3 is 0 Å². The van der Waals surface area contributed by atoms with E-state index in [1.54, 1.807) is 0 Å². The first-order valence-electron chi connectivity index (χ1n) is 16.9. The zero-order valence-corrected chi connectivity index (χ0v) is 26.7. The van der Waals surface area contributed by atoms with E-state index in [9.17, 15) is 0 Å². The summed E-state index contributed by atoms with van der Waals surface area (Å²) >= 11 is 0. The van der Waals surface area contributed by atoms with Crippen LogP contribution in [0.25, 0.3) is 65.9 Å². The van der Waals surface area contributed by atoms with E-state index in [1.807, 2.05) is 0 Å². The fourth-order valence-corrected chi connectivity index (χ4v) is 8.88. The Morgan fingerprint density at radius 2 is 1.17 bits per heavy atom. The highest BCUT2D eigenvalue weighted by Crippen LogP contribution is 2.45. The van der Waals surface area contributed by atoms with Crippen LogP contribution in [0.2, 0.25) is 0 Å². The molecule has 0 saturated heterocycles. The minimum Gasteiger partial charge on any atom is -0.0767 e. The molecule has 0 heteroatoms. The molecule has 0 spiro atoms. The highest BCUT2D eigenvalue weighted by molar-refractivity contribution is 6.12. The molecule has 0 aromatic heterocycles. The molecule has 0 N–H and O–H groups in total.